The molecule has 0 aliphatic carbocycles. The van der Waals surface area contributed by atoms with Crippen molar-refractivity contribution in [2.45, 2.75) is 23.8 Å². The number of likely N-dealkylation sites (N-methyl/N-ethyl adjacent to an activating group) is 1. The summed E-state index contributed by atoms with van der Waals surface area (Å²) in [4.78, 5) is 0.143. The molecular weight excluding hydrogens is 298 g/mol. The molecule has 2 rings (SSSR count). The first-order chi connectivity index (χ1) is 9.50. The molecule has 0 aromatic heterocycles. The van der Waals surface area contributed by atoms with Crippen molar-refractivity contribution in [2.75, 3.05) is 20.1 Å². The third-order valence-corrected chi connectivity index (χ3v) is 5.69. The van der Waals surface area contributed by atoms with Gasteiger partial charge < -0.3 is 5.32 Å². The van der Waals surface area contributed by atoms with Gasteiger partial charge in [-0.2, -0.15) is 9.57 Å². The molecule has 1 fully saturated rings. The maximum Gasteiger partial charge on any atom is 0.243 e. The van der Waals surface area contributed by atoms with Crippen molar-refractivity contribution < 1.29 is 8.42 Å². The van der Waals surface area contributed by atoms with Crippen LogP contribution in [0.4, 0.5) is 0 Å². The van der Waals surface area contributed by atoms with Crippen molar-refractivity contribution in [1.29, 1.82) is 5.26 Å². The Balaban J connectivity index is 2.35. The predicted molar refractivity (Wildman–Crippen MR) is 77.0 cm³/mol. The SMILES string of the molecule is CNC[C@H]1CCCN1S(=O)(=O)c1ccc(C#N)c(Cl)c1. The molecule has 0 amide bonds. The van der Waals surface area contributed by atoms with E-state index < -0.39 is 10.0 Å². The molecular formula is C13H16ClN3O2S. The molecule has 7 heteroatoms. The van der Waals surface area contributed by atoms with Gasteiger partial charge in [0, 0.05) is 19.1 Å². The average molecular weight is 314 g/mol. The summed E-state index contributed by atoms with van der Waals surface area (Å²) in [5, 5.41) is 12.0. The Morgan fingerprint density at radius 3 is 2.90 bits per heavy atom. The summed E-state index contributed by atoms with van der Waals surface area (Å²) in [5.41, 5.74) is 0.277. The minimum atomic E-state index is -3.56. The molecule has 0 saturated carbocycles. The molecule has 1 heterocycles. The van der Waals surface area contributed by atoms with E-state index in [0.717, 1.165) is 12.8 Å². The van der Waals surface area contributed by atoms with Gasteiger partial charge in [-0.3, -0.25) is 0 Å². The van der Waals surface area contributed by atoms with Gasteiger partial charge in [0.15, 0.2) is 0 Å². The maximum atomic E-state index is 12.6. The van der Waals surface area contributed by atoms with Crippen LogP contribution < -0.4 is 5.32 Å². The van der Waals surface area contributed by atoms with Crippen LogP contribution in [-0.4, -0.2) is 38.9 Å². The van der Waals surface area contributed by atoms with E-state index >= 15 is 0 Å². The molecule has 1 saturated heterocycles. The van der Waals surface area contributed by atoms with Crippen LogP contribution in [0.2, 0.25) is 5.02 Å². The first-order valence-corrected chi connectivity index (χ1v) is 8.18. The van der Waals surface area contributed by atoms with E-state index in [0.29, 0.717) is 13.1 Å². The number of hydrogen-bond donors (Lipinski definition) is 1. The van der Waals surface area contributed by atoms with Crippen molar-refractivity contribution in [2.24, 2.45) is 0 Å². The third-order valence-electron chi connectivity index (χ3n) is 3.43. The molecule has 0 bridgehead atoms. The molecule has 0 unspecified atom stereocenters. The molecule has 1 aromatic carbocycles. The summed E-state index contributed by atoms with van der Waals surface area (Å²) >= 11 is 5.92. The van der Waals surface area contributed by atoms with E-state index in [-0.39, 0.29) is 21.5 Å². The van der Waals surface area contributed by atoms with Gasteiger partial charge in [-0.25, -0.2) is 8.42 Å². The highest BCUT2D eigenvalue weighted by molar-refractivity contribution is 7.89. The normalized spacial score (nSPS) is 19.9. The molecule has 108 valence electrons. The lowest BCUT2D eigenvalue weighted by atomic mass is 10.2. The lowest BCUT2D eigenvalue weighted by molar-refractivity contribution is 0.379. The van der Waals surface area contributed by atoms with Gasteiger partial charge in [0.1, 0.15) is 6.07 Å². The molecule has 1 atom stereocenters. The molecule has 0 radical (unpaired) electrons. The number of sulfonamides is 1. The summed E-state index contributed by atoms with van der Waals surface area (Å²) in [6.07, 6.45) is 1.71. The van der Waals surface area contributed by atoms with Crippen molar-refractivity contribution in [3.05, 3.63) is 28.8 Å². The van der Waals surface area contributed by atoms with E-state index in [4.69, 9.17) is 16.9 Å². The highest BCUT2D eigenvalue weighted by Gasteiger charge is 2.34. The van der Waals surface area contributed by atoms with Crippen LogP contribution in [0.3, 0.4) is 0 Å². The molecule has 20 heavy (non-hydrogen) atoms. The molecule has 5 nitrogen and oxygen atoms in total. The zero-order valence-corrected chi connectivity index (χ0v) is 12.7. The monoisotopic (exact) mass is 313 g/mol. The largest absolute Gasteiger partial charge is 0.318 e. The van der Waals surface area contributed by atoms with Crippen molar-refractivity contribution in [1.82, 2.24) is 9.62 Å². The lowest BCUT2D eigenvalue weighted by Crippen LogP contribution is -2.40. The predicted octanol–water partition coefficient (Wildman–Crippen LogP) is 1.58. The fraction of sp³-hybridized carbons (Fsp3) is 0.462. The topological polar surface area (TPSA) is 73.2 Å². The summed E-state index contributed by atoms with van der Waals surface area (Å²) in [6, 6.07) is 6.13. The van der Waals surface area contributed by atoms with Crippen LogP contribution in [0.1, 0.15) is 18.4 Å². The number of benzene rings is 1. The van der Waals surface area contributed by atoms with Gasteiger partial charge in [-0.15, -0.1) is 0 Å². The molecule has 1 N–H and O–H groups in total. The Labute approximate surface area is 124 Å². The van der Waals surface area contributed by atoms with Crippen LogP contribution in [-0.2, 0) is 10.0 Å². The van der Waals surface area contributed by atoms with E-state index in [9.17, 15) is 8.42 Å². The van der Waals surface area contributed by atoms with Gasteiger partial charge in [0.05, 0.1) is 15.5 Å². The Morgan fingerprint density at radius 2 is 2.30 bits per heavy atom. The molecule has 0 spiro atoms. The zero-order chi connectivity index (χ0) is 14.8. The fourth-order valence-electron chi connectivity index (χ4n) is 2.45. The number of nitriles is 1. The van der Waals surface area contributed by atoms with E-state index in [1.54, 1.807) is 0 Å². The highest BCUT2D eigenvalue weighted by atomic mass is 35.5. The Morgan fingerprint density at radius 1 is 1.55 bits per heavy atom. The maximum absolute atomic E-state index is 12.6. The lowest BCUT2D eigenvalue weighted by Gasteiger charge is -2.24. The minimum absolute atomic E-state index is 0.0283. The Hall–Kier alpha value is -1.13. The van der Waals surface area contributed by atoms with Crippen molar-refractivity contribution >= 4 is 21.6 Å². The summed E-state index contributed by atoms with van der Waals surface area (Å²) in [5.74, 6) is 0. The first-order valence-electron chi connectivity index (χ1n) is 6.37. The third kappa shape index (κ3) is 2.81. The van der Waals surface area contributed by atoms with Crippen LogP contribution in [0, 0.1) is 11.3 Å². The number of hydrogen-bond acceptors (Lipinski definition) is 4. The van der Waals surface area contributed by atoms with Gasteiger partial charge in [0.2, 0.25) is 10.0 Å². The van der Waals surface area contributed by atoms with E-state index in [1.807, 2.05) is 13.1 Å². The van der Waals surface area contributed by atoms with Gasteiger partial charge in [0.25, 0.3) is 0 Å². The second-order valence-electron chi connectivity index (χ2n) is 4.72. The zero-order valence-electron chi connectivity index (χ0n) is 11.1. The van der Waals surface area contributed by atoms with Crippen LogP contribution in [0.15, 0.2) is 23.1 Å². The van der Waals surface area contributed by atoms with Crippen LogP contribution in [0.5, 0.6) is 0 Å². The highest BCUT2D eigenvalue weighted by Crippen LogP contribution is 2.28. The molecule has 1 aromatic rings. The quantitative estimate of drug-likeness (QED) is 0.916. The first kappa shape index (κ1) is 15.3. The van der Waals surface area contributed by atoms with Gasteiger partial charge >= 0.3 is 0 Å². The molecule has 1 aliphatic rings. The van der Waals surface area contributed by atoms with Gasteiger partial charge in [-0.05, 0) is 38.1 Å². The number of nitrogens with zero attached hydrogens (tertiary/aromatic N) is 2. The second kappa shape index (κ2) is 6.10. The van der Waals surface area contributed by atoms with Crippen molar-refractivity contribution in [3.8, 4) is 6.07 Å². The fourth-order valence-corrected chi connectivity index (χ4v) is 4.45. The van der Waals surface area contributed by atoms with Crippen LogP contribution in [0.25, 0.3) is 0 Å². The minimum Gasteiger partial charge on any atom is -0.318 e. The van der Waals surface area contributed by atoms with Crippen LogP contribution >= 0.6 is 11.6 Å². The van der Waals surface area contributed by atoms with Crippen molar-refractivity contribution in [3.63, 3.8) is 0 Å². The average Bonchev–Trinajstić information content (AvgIpc) is 2.88. The van der Waals surface area contributed by atoms with E-state index in [2.05, 4.69) is 5.32 Å². The Bertz CT molecular complexity index is 640. The van der Waals surface area contributed by atoms with E-state index in [1.165, 1.54) is 22.5 Å². The standard InChI is InChI=1S/C13H16ClN3O2S/c1-16-9-11-3-2-6-17(11)20(18,19)12-5-4-10(8-15)13(14)7-12/h4-5,7,11,16H,2-3,6,9H2,1H3/t11-/m1/s1. The second-order valence-corrected chi connectivity index (χ2v) is 7.02. The smallest absolute Gasteiger partial charge is 0.243 e. The molecule has 1 aliphatic heterocycles. The Kier molecular flexibility index (Phi) is 4.66. The number of nitrogens with one attached hydrogen (secondary N) is 1. The summed E-state index contributed by atoms with van der Waals surface area (Å²) < 4.78 is 26.8. The number of halogens is 1. The summed E-state index contributed by atoms with van der Waals surface area (Å²) in [7, 11) is -1.75. The van der Waals surface area contributed by atoms with Gasteiger partial charge in [-0.1, -0.05) is 11.6 Å². The number of rotatable bonds is 4. The summed E-state index contributed by atoms with van der Waals surface area (Å²) in [6.45, 7) is 1.15.